The first-order chi connectivity index (χ1) is 8.42. The first-order valence-electron chi connectivity index (χ1n) is 6.38. The Balaban J connectivity index is 2.42. The summed E-state index contributed by atoms with van der Waals surface area (Å²) in [6.45, 7) is 7.36. The highest BCUT2D eigenvalue weighted by Crippen LogP contribution is 2.22. The molecule has 0 radical (unpaired) electrons. The molecule has 0 spiro atoms. The number of ketones is 1. The summed E-state index contributed by atoms with van der Waals surface area (Å²) in [6.07, 6.45) is 1.47. The smallest absolute Gasteiger partial charge is 0.129 e. The second kappa shape index (κ2) is 6.64. The summed E-state index contributed by atoms with van der Waals surface area (Å²) in [5.41, 5.74) is 0.875. The van der Waals surface area contributed by atoms with Crippen LogP contribution in [0.3, 0.4) is 0 Å². The lowest BCUT2D eigenvalue weighted by Crippen LogP contribution is -2.33. The van der Waals surface area contributed by atoms with Crippen molar-refractivity contribution < 1.29 is 9.18 Å². The molecule has 1 N–H and O–H groups in total. The van der Waals surface area contributed by atoms with E-state index in [0.717, 1.165) is 25.1 Å². The molecule has 1 aromatic rings. The molecule has 100 valence electrons. The zero-order valence-corrected chi connectivity index (χ0v) is 11.4. The zero-order valence-electron chi connectivity index (χ0n) is 11.4. The Hall–Kier alpha value is -1.22. The molecule has 0 aliphatic rings. The van der Waals surface area contributed by atoms with Crippen LogP contribution in [0.2, 0.25) is 0 Å². The third kappa shape index (κ3) is 4.96. The van der Waals surface area contributed by atoms with Gasteiger partial charge in [-0.25, -0.2) is 4.39 Å². The Bertz CT molecular complexity index is 401. The van der Waals surface area contributed by atoms with Gasteiger partial charge in [0.05, 0.1) is 0 Å². The van der Waals surface area contributed by atoms with Crippen molar-refractivity contribution in [1.29, 1.82) is 0 Å². The zero-order chi connectivity index (χ0) is 13.6. The van der Waals surface area contributed by atoms with E-state index < -0.39 is 0 Å². The highest BCUT2D eigenvalue weighted by Gasteiger charge is 2.20. The molecule has 0 amide bonds. The first kappa shape index (κ1) is 14.8. The van der Waals surface area contributed by atoms with Crippen LogP contribution in [0, 0.1) is 5.82 Å². The Morgan fingerprint density at radius 3 is 2.72 bits per heavy atom. The van der Waals surface area contributed by atoms with Crippen molar-refractivity contribution in [2.24, 2.45) is 0 Å². The molecule has 18 heavy (non-hydrogen) atoms. The van der Waals surface area contributed by atoms with Crippen molar-refractivity contribution in [1.82, 2.24) is 5.32 Å². The molecule has 0 saturated heterocycles. The number of carbonyl (C=O) groups is 1. The summed E-state index contributed by atoms with van der Waals surface area (Å²) < 4.78 is 13.2. The maximum absolute atomic E-state index is 13.2. The number of carbonyl (C=O) groups excluding carboxylic acids is 1. The summed E-state index contributed by atoms with van der Waals surface area (Å²) in [5.74, 6) is 0.0262. The van der Waals surface area contributed by atoms with E-state index in [-0.39, 0.29) is 17.0 Å². The Morgan fingerprint density at radius 2 is 2.11 bits per heavy atom. The molecule has 0 unspecified atom stereocenters. The van der Waals surface area contributed by atoms with Crippen LogP contribution in [0.1, 0.15) is 39.2 Å². The Labute approximate surface area is 109 Å². The molecule has 0 heterocycles. The molecule has 1 aromatic carbocycles. The number of benzene rings is 1. The molecule has 0 saturated carbocycles. The minimum Gasteiger partial charge on any atom is -0.316 e. The fourth-order valence-electron chi connectivity index (χ4n) is 1.87. The summed E-state index contributed by atoms with van der Waals surface area (Å²) in [5, 5.41) is 3.32. The summed E-state index contributed by atoms with van der Waals surface area (Å²) in [4.78, 5) is 10.8. The molecule has 3 heteroatoms. The first-order valence-corrected chi connectivity index (χ1v) is 6.38. The van der Waals surface area contributed by atoms with Crippen molar-refractivity contribution in [3.63, 3.8) is 0 Å². The van der Waals surface area contributed by atoms with E-state index in [1.165, 1.54) is 6.07 Å². The Kier molecular flexibility index (Phi) is 5.48. The average molecular weight is 251 g/mol. The highest BCUT2D eigenvalue weighted by atomic mass is 19.1. The molecule has 0 atom stereocenters. The van der Waals surface area contributed by atoms with Gasteiger partial charge in [0.1, 0.15) is 11.6 Å². The minimum atomic E-state index is -0.197. The summed E-state index contributed by atoms with van der Waals surface area (Å²) >= 11 is 0. The standard InChI is InChI=1S/C15H22FNO/c1-12(18)6-5-9-17-11-15(2,3)13-7-4-8-14(16)10-13/h4,7-8,10,17H,5-6,9,11H2,1-3H3. The quantitative estimate of drug-likeness (QED) is 0.755. The molecule has 0 bridgehead atoms. The van der Waals surface area contributed by atoms with Gasteiger partial charge in [-0.05, 0) is 37.6 Å². The number of rotatable bonds is 7. The van der Waals surface area contributed by atoms with Gasteiger partial charge in [0.15, 0.2) is 0 Å². The van der Waals surface area contributed by atoms with Crippen molar-refractivity contribution in [3.05, 3.63) is 35.6 Å². The van der Waals surface area contributed by atoms with Crippen LogP contribution in [0.4, 0.5) is 4.39 Å². The topological polar surface area (TPSA) is 29.1 Å². The van der Waals surface area contributed by atoms with E-state index in [0.29, 0.717) is 6.42 Å². The van der Waals surface area contributed by atoms with E-state index in [9.17, 15) is 9.18 Å². The predicted octanol–water partition coefficient (Wildman–Crippen LogP) is 3.06. The van der Waals surface area contributed by atoms with Crippen LogP contribution in [0.15, 0.2) is 24.3 Å². The normalized spacial score (nSPS) is 11.6. The molecule has 0 fully saturated rings. The van der Waals surface area contributed by atoms with Crippen LogP contribution in [-0.2, 0) is 10.2 Å². The maximum Gasteiger partial charge on any atom is 0.129 e. The monoisotopic (exact) mass is 251 g/mol. The van der Waals surface area contributed by atoms with Gasteiger partial charge < -0.3 is 10.1 Å². The van der Waals surface area contributed by atoms with E-state index in [2.05, 4.69) is 19.2 Å². The second-order valence-corrected chi connectivity index (χ2v) is 5.38. The van der Waals surface area contributed by atoms with Crippen molar-refractivity contribution >= 4 is 5.78 Å². The highest BCUT2D eigenvalue weighted by molar-refractivity contribution is 5.75. The van der Waals surface area contributed by atoms with Gasteiger partial charge in [0, 0.05) is 18.4 Å². The second-order valence-electron chi connectivity index (χ2n) is 5.38. The summed E-state index contributed by atoms with van der Waals surface area (Å²) in [7, 11) is 0. The predicted molar refractivity (Wildman–Crippen MR) is 72.2 cm³/mol. The SMILES string of the molecule is CC(=O)CCCNCC(C)(C)c1cccc(F)c1. The number of hydrogen-bond acceptors (Lipinski definition) is 2. The van der Waals surface area contributed by atoms with Crippen molar-refractivity contribution in [2.45, 2.75) is 39.0 Å². The van der Waals surface area contributed by atoms with Crippen LogP contribution >= 0.6 is 0 Å². The van der Waals surface area contributed by atoms with E-state index >= 15 is 0 Å². The van der Waals surface area contributed by atoms with Crippen LogP contribution in [0.25, 0.3) is 0 Å². The number of Topliss-reactive ketones (excluding diaryl/α,β-unsaturated/α-hetero) is 1. The van der Waals surface area contributed by atoms with Crippen LogP contribution in [-0.4, -0.2) is 18.9 Å². The molecule has 0 aliphatic heterocycles. The summed E-state index contributed by atoms with van der Waals surface area (Å²) in [6, 6.07) is 6.72. The lowest BCUT2D eigenvalue weighted by atomic mass is 9.84. The van der Waals surface area contributed by atoms with E-state index in [1.54, 1.807) is 19.1 Å². The molecule has 2 nitrogen and oxygen atoms in total. The number of nitrogens with one attached hydrogen (secondary N) is 1. The number of halogens is 1. The van der Waals surface area contributed by atoms with Gasteiger partial charge in [0.2, 0.25) is 0 Å². The number of hydrogen-bond donors (Lipinski definition) is 1. The van der Waals surface area contributed by atoms with E-state index in [1.807, 2.05) is 6.07 Å². The molecule has 0 aromatic heterocycles. The largest absolute Gasteiger partial charge is 0.316 e. The van der Waals surface area contributed by atoms with Gasteiger partial charge in [0.25, 0.3) is 0 Å². The minimum absolute atomic E-state index is 0.113. The maximum atomic E-state index is 13.2. The Morgan fingerprint density at radius 1 is 1.39 bits per heavy atom. The third-order valence-electron chi connectivity index (χ3n) is 3.06. The van der Waals surface area contributed by atoms with Gasteiger partial charge in [-0.3, -0.25) is 0 Å². The van der Waals surface area contributed by atoms with E-state index in [4.69, 9.17) is 0 Å². The van der Waals surface area contributed by atoms with Gasteiger partial charge in [-0.1, -0.05) is 26.0 Å². The van der Waals surface area contributed by atoms with Gasteiger partial charge in [-0.2, -0.15) is 0 Å². The van der Waals surface area contributed by atoms with Crippen molar-refractivity contribution in [3.8, 4) is 0 Å². The molecule has 1 rings (SSSR count). The lowest BCUT2D eigenvalue weighted by molar-refractivity contribution is -0.117. The fraction of sp³-hybridized carbons (Fsp3) is 0.533. The third-order valence-corrected chi connectivity index (χ3v) is 3.06. The molecular formula is C15H22FNO. The van der Waals surface area contributed by atoms with Crippen LogP contribution < -0.4 is 5.32 Å². The van der Waals surface area contributed by atoms with Gasteiger partial charge in [-0.15, -0.1) is 0 Å². The lowest BCUT2D eigenvalue weighted by Gasteiger charge is -2.25. The average Bonchev–Trinajstić information content (AvgIpc) is 2.28. The van der Waals surface area contributed by atoms with Gasteiger partial charge >= 0.3 is 0 Å². The van der Waals surface area contributed by atoms with Crippen molar-refractivity contribution in [2.75, 3.05) is 13.1 Å². The fourth-order valence-corrected chi connectivity index (χ4v) is 1.87. The molecular weight excluding hydrogens is 229 g/mol. The van der Waals surface area contributed by atoms with Crippen LogP contribution in [0.5, 0.6) is 0 Å². The molecule has 0 aliphatic carbocycles.